The maximum Gasteiger partial charge on any atom is 0.188 e. The molecule has 0 saturated carbocycles. The lowest BCUT2D eigenvalue weighted by molar-refractivity contribution is 0.101. The highest BCUT2D eigenvalue weighted by Crippen LogP contribution is 2.11. The summed E-state index contributed by atoms with van der Waals surface area (Å²) in [5.74, 6) is -0.0244. The number of hydrogen-bond donors (Lipinski definition) is 1. The van der Waals surface area contributed by atoms with Crippen LogP contribution in [0.2, 0.25) is 0 Å². The summed E-state index contributed by atoms with van der Waals surface area (Å²) in [5.41, 5.74) is 0.722. The molecule has 1 aromatic rings. The van der Waals surface area contributed by atoms with Crippen molar-refractivity contribution in [1.29, 1.82) is 0 Å². The van der Waals surface area contributed by atoms with Crippen LogP contribution in [0.5, 0.6) is 0 Å². The molecule has 0 aromatic carbocycles. The first kappa shape index (κ1) is 9.09. The average Bonchev–Trinajstić information content (AvgIpc) is 2.48. The fourth-order valence-corrected chi connectivity index (χ4v) is 1.39. The maximum absolute atomic E-state index is 10.8. The molecule has 64 valence electrons. The third kappa shape index (κ3) is 2.25. The van der Waals surface area contributed by atoms with Gasteiger partial charge in [-0.05, 0) is 6.08 Å². The highest BCUT2D eigenvalue weighted by molar-refractivity contribution is 7.11. The summed E-state index contributed by atoms with van der Waals surface area (Å²) in [5, 5.41) is 10.8. The van der Waals surface area contributed by atoms with Crippen LogP contribution in [0, 0.1) is 0 Å². The standard InChI is InChI=1S/C8H9NO2S/c1-6(11)8-9-7(5-12-8)3-2-4-10/h2-3,5,10H,4H2,1H3/b3-2+. The molecule has 0 spiro atoms. The summed E-state index contributed by atoms with van der Waals surface area (Å²) in [4.78, 5) is 14.8. The summed E-state index contributed by atoms with van der Waals surface area (Å²) in [6, 6.07) is 0. The number of rotatable bonds is 3. The molecule has 0 saturated heterocycles. The lowest BCUT2D eigenvalue weighted by atomic mass is 10.4. The van der Waals surface area contributed by atoms with Gasteiger partial charge in [-0.3, -0.25) is 4.79 Å². The first-order chi connectivity index (χ1) is 5.74. The molecule has 12 heavy (non-hydrogen) atoms. The van der Waals surface area contributed by atoms with Crippen LogP contribution in [0.1, 0.15) is 22.4 Å². The number of aliphatic hydroxyl groups excluding tert-OH is 1. The van der Waals surface area contributed by atoms with E-state index in [1.54, 1.807) is 17.5 Å². The lowest BCUT2D eigenvalue weighted by Gasteiger charge is -1.82. The third-order valence-electron chi connectivity index (χ3n) is 1.22. The van der Waals surface area contributed by atoms with Crippen LogP contribution in [0.15, 0.2) is 11.5 Å². The maximum atomic E-state index is 10.8. The van der Waals surface area contributed by atoms with Crippen LogP contribution in [-0.2, 0) is 0 Å². The van der Waals surface area contributed by atoms with E-state index in [9.17, 15) is 4.79 Å². The monoisotopic (exact) mass is 183 g/mol. The van der Waals surface area contributed by atoms with Gasteiger partial charge in [-0.25, -0.2) is 4.98 Å². The summed E-state index contributed by atoms with van der Waals surface area (Å²) < 4.78 is 0. The van der Waals surface area contributed by atoms with Crippen LogP contribution in [0.4, 0.5) is 0 Å². The van der Waals surface area contributed by atoms with Crippen LogP contribution < -0.4 is 0 Å². The number of aromatic nitrogens is 1. The molecule has 0 aliphatic carbocycles. The van der Waals surface area contributed by atoms with Crippen molar-refractivity contribution < 1.29 is 9.90 Å². The molecule has 0 radical (unpaired) electrons. The van der Waals surface area contributed by atoms with Crippen LogP contribution >= 0.6 is 11.3 Å². The molecule has 1 heterocycles. The minimum absolute atomic E-state index is 0.00701. The predicted molar refractivity (Wildman–Crippen MR) is 48.2 cm³/mol. The topological polar surface area (TPSA) is 50.2 Å². The first-order valence-corrected chi connectivity index (χ1v) is 4.36. The van der Waals surface area contributed by atoms with Crippen LogP contribution in [0.3, 0.4) is 0 Å². The van der Waals surface area contributed by atoms with Crippen molar-refractivity contribution >= 4 is 23.2 Å². The molecule has 0 fully saturated rings. The molecule has 1 rings (SSSR count). The molecule has 0 unspecified atom stereocenters. The van der Waals surface area contributed by atoms with E-state index in [2.05, 4.69) is 4.98 Å². The number of carbonyl (C=O) groups is 1. The van der Waals surface area contributed by atoms with E-state index in [1.165, 1.54) is 18.3 Å². The van der Waals surface area contributed by atoms with E-state index in [1.807, 2.05) is 0 Å². The van der Waals surface area contributed by atoms with Crippen LogP contribution in [0.25, 0.3) is 6.08 Å². The van der Waals surface area contributed by atoms with E-state index in [0.29, 0.717) is 5.01 Å². The summed E-state index contributed by atoms with van der Waals surface area (Å²) in [6.07, 6.45) is 3.27. The fourth-order valence-electron chi connectivity index (χ4n) is 0.698. The number of carbonyl (C=O) groups excluding carboxylic acids is 1. The molecular formula is C8H9NO2S. The molecule has 0 bridgehead atoms. The van der Waals surface area contributed by atoms with Crippen molar-refractivity contribution in [2.75, 3.05) is 6.61 Å². The fraction of sp³-hybridized carbons (Fsp3) is 0.250. The third-order valence-corrected chi connectivity index (χ3v) is 2.18. The Morgan fingerprint density at radius 1 is 1.83 bits per heavy atom. The van der Waals surface area contributed by atoms with Gasteiger partial charge in [-0.1, -0.05) is 6.08 Å². The summed E-state index contributed by atoms with van der Waals surface area (Å²) in [7, 11) is 0. The first-order valence-electron chi connectivity index (χ1n) is 3.48. The second-order valence-corrected chi connectivity index (χ2v) is 3.08. The predicted octanol–water partition coefficient (Wildman–Crippen LogP) is 1.35. The van der Waals surface area contributed by atoms with Gasteiger partial charge < -0.3 is 5.11 Å². The van der Waals surface area contributed by atoms with Gasteiger partial charge in [0.1, 0.15) is 0 Å². The molecule has 1 N–H and O–H groups in total. The Bertz CT molecular complexity index is 304. The van der Waals surface area contributed by atoms with Crippen molar-refractivity contribution in [3.63, 3.8) is 0 Å². The van der Waals surface area contributed by atoms with Gasteiger partial charge in [0.25, 0.3) is 0 Å². The molecule has 0 aliphatic heterocycles. The minimum atomic E-state index is -0.0244. The number of Topliss-reactive ketones (excluding diaryl/α,β-unsaturated/α-hetero) is 1. The van der Waals surface area contributed by atoms with Crippen molar-refractivity contribution in [3.8, 4) is 0 Å². The van der Waals surface area contributed by atoms with Crippen molar-refractivity contribution in [2.24, 2.45) is 0 Å². The molecule has 0 atom stereocenters. The van der Waals surface area contributed by atoms with Gasteiger partial charge in [-0.15, -0.1) is 11.3 Å². The van der Waals surface area contributed by atoms with E-state index in [-0.39, 0.29) is 12.4 Å². The Morgan fingerprint density at radius 2 is 2.58 bits per heavy atom. The largest absolute Gasteiger partial charge is 0.392 e. The van der Waals surface area contributed by atoms with E-state index in [0.717, 1.165) is 5.69 Å². The van der Waals surface area contributed by atoms with Crippen molar-refractivity contribution in [3.05, 3.63) is 22.2 Å². The number of aliphatic hydroxyl groups is 1. The summed E-state index contributed by atoms with van der Waals surface area (Å²) >= 11 is 1.31. The number of thiazole rings is 1. The van der Waals surface area contributed by atoms with E-state index >= 15 is 0 Å². The second-order valence-electron chi connectivity index (χ2n) is 2.22. The van der Waals surface area contributed by atoms with Crippen molar-refractivity contribution in [2.45, 2.75) is 6.92 Å². The van der Waals surface area contributed by atoms with E-state index < -0.39 is 0 Å². The molecule has 0 amide bonds. The van der Waals surface area contributed by atoms with E-state index in [4.69, 9.17) is 5.11 Å². The highest BCUT2D eigenvalue weighted by Gasteiger charge is 2.02. The quantitative estimate of drug-likeness (QED) is 0.720. The molecule has 3 nitrogen and oxygen atoms in total. The normalized spacial score (nSPS) is 10.8. The smallest absolute Gasteiger partial charge is 0.188 e. The number of nitrogens with zero attached hydrogens (tertiary/aromatic N) is 1. The highest BCUT2D eigenvalue weighted by atomic mass is 32.1. The summed E-state index contributed by atoms with van der Waals surface area (Å²) in [6.45, 7) is 1.48. The average molecular weight is 183 g/mol. The second kappa shape index (κ2) is 4.13. The zero-order chi connectivity index (χ0) is 8.97. The lowest BCUT2D eigenvalue weighted by Crippen LogP contribution is -1.89. The Kier molecular flexibility index (Phi) is 3.13. The van der Waals surface area contributed by atoms with Gasteiger partial charge in [-0.2, -0.15) is 0 Å². The van der Waals surface area contributed by atoms with Gasteiger partial charge in [0.15, 0.2) is 10.8 Å². The Hall–Kier alpha value is -1.00. The SMILES string of the molecule is CC(=O)c1nc(/C=C/CO)cs1. The molecule has 1 aromatic heterocycles. The Labute approximate surface area is 74.4 Å². The van der Waals surface area contributed by atoms with Crippen molar-refractivity contribution in [1.82, 2.24) is 4.98 Å². The van der Waals surface area contributed by atoms with Gasteiger partial charge in [0.05, 0.1) is 12.3 Å². The Balaban J connectivity index is 2.77. The molecule has 4 heteroatoms. The molecule has 0 aliphatic rings. The van der Waals surface area contributed by atoms with Gasteiger partial charge in [0.2, 0.25) is 0 Å². The Morgan fingerprint density at radius 3 is 3.08 bits per heavy atom. The number of hydrogen-bond acceptors (Lipinski definition) is 4. The van der Waals surface area contributed by atoms with Gasteiger partial charge >= 0.3 is 0 Å². The minimum Gasteiger partial charge on any atom is -0.392 e. The molecular weight excluding hydrogens is 174 g/mol. The number of ketones is 1. The van der Waals surface area contributed by atoms with Crippen LogP contribution in [-0.4, -0.2) is 22.5 Å². The zero-order valence-corrected chi connectivity index (χ0v) is 7.47. The van der Waals surface area contributed by atoms with Gasteiger partial charge in [0, 0.05) is 12.3 Å². The zero-order valence-electron chi connectivity index (χ0n) is 6.65.